The van der Waals surface area contributed by atoms with Crippen molar-refractivity contribution in [1.82, 2.24) is 4.90 Å². The minimum atomic E-state index is 0.132. The Labute approximate surface area is 120 Å². The van der Waals surface area contributed by atoms with Gasteiger partial charge >= 0.3 is 0 Å². The van der Waals surface area contributed by atoms with Crippen molar-refractivity contribution in [3.8, 4) is 0 Å². The molecule has 1 atom stereocenters. The Morgan fingerprint density at radius 2 is 2.25 bits per heavy atom. The van der Waals surface area contributed by atoms with Crippen LogP contribution in [0.25, 0.3) is 0 Å². The number of nitrogens with zero attached hydrogens (tertiary/aromatic N) is 1. The number of likely N-dealkylation sites (tertiary alicyclic amines) is 1. The van der Waals surface area contributed by atoms with Gasteiger partial charge in [-0.2, -0.15) is 0 Å². The molecule has 110 valence electrons. The summed E-state index contributed by atoms with van der Waals surface area (Å²) in [6.07, 6.45) is 1.02. The summed E-state index contributed by atoms with van der Waals surface area (Å²) in [7, 11) is 1.67. The Bertz CT molecular complexity index is 447. The van der Waals surface area contributed by atoms with E-state index < -0.39 is 0 Å². The maximum absolute atomic E-state index is 12.4. The number of methoxy groups -OCH3 is 1. The average Bonchev–Trinajstić information content (AvgIpc) is 2.91. The lowest BCUT2D eigenvalue weighted by Gasteiger charge is -2.17. The molecule has 0 spiro atoms. The van der Waals surface area contributed by atoms with E-state index in [1.807, 2.05) is 36.1 Å². The third kappa shape index (κ3) is 4.05. The average molecular weight is 277 g/mol. The normalized spacial score (nSPS) is 18.5. The lowest BCUT2D eigenvalue weighted by Crippen LogP contribution is -2.29. The van der Waals surface area contributed by atoms with Gasteiger partial charge in [-0.25, -0.2) is 0 Å². The van der Waals surface area contributed by atoms with Crippen molar-refractivity contribution in [2.24, 2.45) is 5.92 Å². The van der Waals surface area contributed by atoms with E-state index in [2.05, 4.69) is 0 Å². The van der Waals surface area contributed by atoms with E-state index in [-0.39, 0.29) is 5.91 Å². The van der Waals surface area contributed by atoms with Gasteiger partial charge in [0.2, 0.25) is 0 Å². The van der Waals surface area contributed by atoms with Gasteiger partial charge in [0.05, 0.1) is 19.8 Å². The number of rotatable bonds is 6. The summed E-state index contributed by atoms with van der Waals surface area (Å²) >= 11 is 0. The quantitative estimate of drug-likeness (QED) is 0.748. The Morgan fingerprint density at radius 3 is 3.00 bits per heavy atom. The molecule has 1 amide bonds. The molecule has 1 fully saturated rings. The predicted molar refractivity (Wildman–Crippen MR) is 77.9 cm³/mol. The van der Waals surface area contributed by atoms with Gasteiger partial charge in [-0.1, -0.05) is 17.7 Å². The molecule has 1 aromatic rings. The number of carbonyl (C=O) groups is 1. The van der Waals surface area contributed by atoms with E-state index in [9.17, 15) is 4.79 Å². The third-order valence-corrected chi connectivity index (χ3v) is 3.62. The van der Waals surface area contributed by atoms with Crippen LogP contribution >= 0.6 is 0 Å². The fraction of sp³-hybridized carbons (Fsp3) is 0.562. The van der Waals surface area contributed by atoms with Crippen molar-refractivity contribution >= 4 is 5.91 Å². The molecule has 1 heterocycles. The molecule has 1 aliphatic rings. The SMILES string of the molecule is COCCOC[C@H]1CCN(C(=O)c2cccc(C)c2)C1. The number of benzene rings is 1. The molecular weight excluding hydrogens is 254 g/mol. The van der Waals surface area contributed by atoms with Crippen LogP contribution in [-0.2, 0) is 9.47 Å². The standard InChI is InChI=1S/C16H23NO3/c1-13-4-3-5-15(10-13)16(18)17-7-6-14(11-17)12-20-9-8-19-2/h3-5,10,14H,6-9,11-12H2,1-2H3/t14-/m0/s1. The Kier molecular flexibility index (Phi) is 5.56. The molecule has 0 saturated carbocycles. The molecule has 2 rings (SSSR count). The van der Waals surface area contributed by atoms with Crippen molar-refractivity contribution in [2.45, 2.75) is 13.3 Å². The maximum atomic E-state index is 12.4. The van der Waals surface area contributed by atoms with Crippen molar-refractivity contribution in [3.05, 3.63) is 35.4 Å². The van der Waals surface area contributed by atoms with Crippen LogP contribution in [0, 0.1) is 12.8 Å². The smallest absolute Gasteiger partial charge is 0.253 e. The van der Waals surface area contributed by atoms with Crippen molar-refractivity contribution in [2.75, 3.05) is 40.0 Å². The molecule has 1 saturated heterocycles. The fourth-order valence-electron chi connectivity index (χ4n) is 2.51. The lowest BCUT2D eigenvalue weighted by atomic mass is 10.1. The second-order valence-electron chi connectivity index (χ2n) is 5.34. The second-order valence-corrected chi connectivity index (χ2v) is 5.34. The van der Waals surface area contributed by atoms with Crippen LogP contribution in [0.4, 0.5) is 0 Å². The summed E-state index contributed by atoms with van der Waals surface area (Å²) in [4.78, 5) is 14.3. The first-order chi connectivity index (χ1) is 9.70. The Hall–Kier alpha value is -1.39. The highest BCUT2D eigenvalue weighted by molar-refractivity contribution is 5.94. The highest BCUT2D eigenvalue weighted by Crippen LogP contribution is 2.19. The van der Waals surface area contributed by atoms with Crippen molar-refractivity contribution in [1.29, 1.82) is 0 Å². The zero-order valence-electron chi connectivity index (χ0n) is 12.3. The number of ether oxygens (including phenoxy) is 2. The molecule has 0 N–H and O–H groups in total. The van der Waals surface area contributed by atoms with Crippen LogP contribution in [0.15, 0.2) is 24.3 Å². The van der Waals surface area contributed by atoms with Gasteiger partial charge < -0.3 is 14.4 Å². The molecule has 0 bridgehead atoms. The Morgan fingerprint density at radius 1 is 1.40 bits per heavy atom. The van der Waals surface area contributed by atoms with E-state index in [1.54, 1.807) is 7.11 Å². The van der Waals surface area contributed by atoms with Gasteiger partial charge in [-0.3, -0.25) is 4.79 Å². The Balaban J connectivity index is 1.81. The fourth-order valence-corrected chi connectivity index (χ4v) is 2.51. The molecule has 1 aliphatic heterocycles. The third-order valence-electron chi connectivity index (χ3n) is 3.62. The lowest BCUT2D eigenvalue weighted by molar-refractivity contribution is 0.0515. The minimum absolute atomic E-state index is 0.132. The van der Waals surface area contributed by atoms with Crippen LogP contribution in [0.2, 0.25) is 0 Å². The first-order valence-electron chi connectivity index (χ1n) is 7.13. The number of carbonyl (C=O) groups excluding carboxylic acids is 1. The summed E-state index contributed by atoms with van der Waals surface area (Å²) < 4.78 is 10.5. The molecule has 0 aliphatic carbocycles. The topological polar surface area (TPSA) is 38.8 Å². The largest absolute Gasteiger partial charge is 0.382 e. The zero-order chi connectivity index (χ0) is 14.4. The van der Waals surface area contributed by atoms with E-state index in [4.69, 9.17) is 9.47 Å². The van der Waals surface area contributed by atoms with Crippen molar-refractivity contribution in [3.63, 3.8) is 0 Å². The van der Waals surface area contributed by atoms with Crippen LogP contribution in [0.3, 0.4) is 0 Å². The van der Waals surface area contributed by atoms with Gasteiger partial charge in [-0.05, 0) is 25.5 Å². The number of aryl methyl sites for hydroxylation is 1. The second kappa shape index (κ2) is 7.41. The molecule has 4 heteroatoms. The van der Waals surface area contributed by atoms with Gasteiger partial charge in [0.25, 0.3) is 5.91 Å². The molecule has 0 radical (unpaired) electrons. The molecule has 1 aromatic carbocycles. The van der Waals surface area contributed by atoms with E-state index in [1.165, 1.54) is 0 Å². The maximum Gasteiger partial charge on any atom is 0.253 e. The minimum Gasteiger partial charge on any atom is -0.382 e. The predicted octanol–water partition coefficient (Wildman–Crippen LogP) is 2.12. The number of hydrogen-bond acceptors (Lipinski definition) is 3. The summed E-state index contributed by atoms with van der Waals surface area (Å²) in [5, 5.41) is 0. The first kappa shape index (κ1) is 15.0. The molecule has 0 unspecified atom stereocenters. The molecule has 4 nitrogen and oxygen atoms in total. The summed E-state index contributed by atoms with van der Waals surface area (Å²) in [5.74, 6) is 0.578. The van der Waals surface area contributed by atoms with Gasteiger partial charge in [0.1, 0.15) is 0 Å². The van der Waals surface area contributed by atoms with Crippen LogP contribution in [0.1, 0.15) is 22.3 Å². The van der Waals surface area contributed by atoms with Gasteiger partial charge in [0.15, 0.2) is 0 Å². The zero-order valence-corrected chi connectivity index (χ0v) is 12.3. The van der Waals surface area contributed by atoms with E-state index in [0.717, 1.165) is 30.6 Å². The highest BCUT2D eigenvalue weighted by atomic mass is 16.5. The van der Waals surface area contributed by atoms with Gasteiger partial charge in [-0.15, -0.1) is 0 Å². The first-order valence-corrected chi connectivity index (χ1v) is 7.13. The van der Waals surface area contributed by atoms with Crippen molar-refractivity contribution < 1.29 is 14.3 Å². The van der Waals surface area contributed by atoms with Gasteiger partial charge in [0, 0.05) is 31.7 Å². The van der Waals surface area contributed by atoms with Crippen LogP contribution < -0.4 is 0 Å². The molecule has 20 heavy (non-hydrogen) atoms. The summed E-state index contributed by atoms with van der Waals surface area (Å²) in [6.45, 7) is 5.58. The number of hydrogen-bond donors (Lipinski definition) is 0. The van der Waals surface area contributed by atoms with Crippen LogP contribution in [0.5, 0.6) is 0 Å². The summed E-state index contributed by atoms with van der Waals surface area (Å²) in [5.41, 5.74) is 1.90. The monoisotopic (exact) mass is 277 g/mol. The van der Waals surface area contributed by atoms with E-state index in [0.29, 0.717) is 25.7 Å². The van der Waals surface area contributed by atoms with Crippen LogP contribution in [-0.4, -0.2) is 50.8 Å². The molecular formula is C16H23NO3. The van der Waals surface area contributed by atoms with E-state index >= 15 is 0 Å². The summed E-state index contributed by atoms with van der Waals surface area (Å²) in [6, 6.07) is 7.78. The molecule has 0 aromatic heterocycles. The number of amides is 1. The highest BCUT2D eigenvalue weighted by Gasteiger charge is 2.26.